The van der Waals surface area contributed by atoms with Crippen LogP contribution in [0.3, 0.4) is 0 Å². The zero-order valence-electron chi connectivity index (χ0n) is 11.8. The second kappa shape index (κ2) is 6.02. The summed E-state index contributed by atoms with van der Waals surface area (Å²) in [5.41, 5.74) is 2.29. The summed E-state index contributed by atoms with van der Waals surface area (Å²) in [5.74, 6) is 0.371. The van der Waals surface area contributed by atoms with Crippen molar-refractivity contribution in [3.63, 3.8) is 0 Å². The Morgan fingerprint density at radius 1 is 1.32 bits per heavy atom. The number of fused-ring (bicyclic) bond motifs is 1. The highest BCUT2D eigenvalue weighted by atomic mass is 16.5. The van der Waals surface area contributed by atoms with Gasteiger partial charge < -0.3 is 9.30 Å². The van der Waals surface area contributed by atoms with Gasteiger partial charge >= 0.3 is 0 Å². The molecule has 0 N–H and O–H groups in total. The molecule has 0 radical (unpaired) electrons. The van der Waals surface area contributed by atoms with E-state index in [1.165, 1.54) is 10.9 Å². The number of nitrogens with zero attached hydrogens (tertiary/aromatic N) is 1. The SMILES string of the molecule is COCCn1cc(CC(=O)C(C)C)c2ccccc21. The van der Waals surface area contributed by atoms with Crippen LogP contribution in [-0.2, 0) is 22.5 Å². The lowest BCUT2D eigenvalue weighted by Crippen LogP contribution is -2.10. The monoisotopic (exact) mass is 259 g/mol. The van der Waals surface area contributed by atoms with Gasteiger partial charge in [-0.15, -0.1) is 0 Å². The molecule has 0 aliphatic carbocycles. The lowest BCUT2D eigenvalue weighted by atomic mass is 10.0. The van der Waals surface area contributed by atoms with Crippen molar-refractivity contribution >= 4 is 16.7 Å². The average Bonchev–Trinajstić information content (AvgIpc) is 2.75. The molecule has 0 saturated heterocycles. The second-order valence-corrected chi connectivity index (χ2v) is 5.16. The number of ether oxygens (including phenoxy) is 1. The number of benzene rings is 1. The van der Waals surface area contributed by atoms with Gasteiger partial charge in [-0.2, -0.15) is 0 Å². The molecule has 102 valence electrons. The first-order chi connectivity index (χ1) is 9.13. The Balaban J connectivity index is 2.35. The van der Waals surface area contributed by atoms with Crippen LogP contribution in [0.4, 0.5) is 0 Å². The highest BCUT2D eigenvalue weighted by Crippen LogP contribution is 2.22. The van der Waals surface area contributed by atoms with Gasteiger partial charge in [0.05, 0.1) is 6.61 Å². The Labute approximate surface area is 114 Å². The fraction of sp³-hybridized carbons (Fsp3) is 0.438. The maximum atomic E-state index is 11.9. The molecule has 0 amide bonds. The van der Waals surface area contributed by atoms with Gasteiger partial charge in [-0.05, 0) is 11.6 Å². The Kier molecular flexibility index (Phi) is 4.38. The Morgan fingerprint density at radius 2 is 2.05 bits per heavy atom. The van der Waals surface area contributed by atoms with Crippen LogP contribution in [0.5, 0.6) is 0 Å². The van der Waals surface area contributed by atoms with E-state index in [1.807, 2.05) is 26.0 Å². The van der Waals surface area contributed by atoms with E-state index in [9.17, 15) is 4.79 Å². The second-order valence-electron chi connectivity index (χ2n) is 5.16. The third kappa shape index (κ3) is 3.04. The zero-order valence-corrected chi connectivity index (χ0v) is 11.8. The topological polar surface area (TPSA) is 31.2 Å². The fourth-order valence-corrected chi connectivity index (χ4v) is 2.23. The molecule has 2 aromatic rings. The van der Waals surface area contributed by atoms with Gasteiger partial charge in [0.15, 0.2) is 0 Å². The maximum absolute atomic E-state index is 11.9. The molecule has 1 aromatic heterocycles. The highest BCUT2D eigenvalue weighted by molar-refractivity contribution is 5.90. The van der Waals surface area contributed by atoms with E-state index in [4.69, 9.17) is 4.74 Å². The molecule has 0 atom stereocenters. The average molecular weight is 259 g/mol. The number of carbonyl (C=O) groups excluding carboxylic acids is 1. The van der Waals surface area contributed by atoms with Crippen LogP contribution >= 0.6 is 0 Å². The van der Waals surface area contributed by atoms with Crippen LogP contribution in [0.15, 0.2) is 30.5 Å². The number of hydrogen-bond donors (Lipinski definition) is 0. The highest BCUT2D eigenvalue weighted by Gasteiger charge is 2.13. The largest absolute Gasteiger partial charge is 0.383 e. The molecule has 1 heterocycles. The van der Waals surface area contributed by atoms with Crippen molar-refractivity contribution in [2.75, 3.05) is 13.7 Å². The predicted molar refractivity (Wildman–Crippen MR) is 77.4 cm³/mol. The normalized spacial score (nSPS) is 11.4. The standard InChI is InChI=1S/C16H21NO2/c1-12(2)16(18)10-13-11-17(8-9-19-3)15-7-5-4-6-14(13)15/h4-7,11-12H,8-10H2,1-3H3. The minimum atomic E-state index is 0.0843. The van der Waals surface area contributed by atoms with Crippen LogP contribution < -0.4 is 0 Å². The van der Waals surface area contributed by atoms with Gasteiger partial charge in [0.1, 0.15) is 5.78 Å². The molecule has 3 nitrogen and oxygen atoms in total. The van der Waals surface area contributed by atoms with Crippen molar-refractivity contribution < 1.29 is 9.53 Å². The molecule has 0 aliphatic heterocycles. The molecular weight excluding hydrogens is 238 g/mol. The summed E-state index contributed by atoms with van der Waals surface area (Å²) < 4.78 is 7.30. The number of para-hydroxylation sites is 1. The fourth-order valence-electron chi connectivity index (χ4n) is 2.23. The summed E-state index contributed by atoms with van der Waals surface area (Å²) in [6.45, 7) is 5.39. The van der Waals surface area contributed by atoms with Gasteiger partial charge in [0.2, 0.25) is 0 Å². The lowest BCUT2D eigenvalue weighted by Gasteiger charge is -2.03. The molecular formula is C16H21NO2. The summed E-state index contributed by atoms with van der Waals surface area (Å²) >= 11 is 0. The molecule has 3 heteroatoms. The molecule has 1 aromatic carbocycles. The first-order valence-electron chi connectivity index (χ1n) is 6.72. The summed E-state index contributed by atoms with van der Waals surface area (Å²) in [4.78, 5) is 11.9. The van der Waals surface area contributed by atoms with Crippen LogP contribution in [0.1, 0.15) is 19.4 Å². The predicted octanol–water partition coefficient (Wildman–Crippen LogP) is 3.06. The van der Waals surface area contributed by atoms with Crippen LogP contribution in [0.2, 0.25) is 0 Å². The summed E-state index contributed by atoms with van der Waals surface area (Å²) in [7, 11) is 1.70. The first-order valence-corrected chi connectivity index (χ1v) is 6.72. The quantitative estimate of drug-likeness (QED) is 0.798. The first kappa shape index (κ1) is 13.8. The number of Topliss-reactive ketones (excluding diaryl/α,β-unsaturated/α-hetero) is 1. The van der Waals surface area contributed by atoms with E-state index in [-0.39, 0.29) is 11.7 Å². The molecule has 0 bridgehead atoms. The van der Waals surface area contributed by atoms with E-state index >= 15 is 0 Å². The van der Waals surface area contributed by atoms with E-state index in [0.717, 1.165) is 12.1 Å². The van der Waals surface area contributed by atoms with Gasteiger partial charge in [-0.3, -0.25) is 4.79 Å². The molecule has 0 aliphatic rings. The summed E-state index contributed by atoms with van der Waals surface area (Å²) in [5, 5.41) is 1.17. The van der Waals surface area contributed by atoms with Crippen molar-refractivity contribution in [3.8, 4) is 0 Å². The zero-order chi connectivity index (χ0) is 13.8. The van der Waals surface area contributed by atoms with Crippen molar-refractivity contribution in [1.29, 1.82) is 0 Å². The van der Waals surface area contributed by atoms with Crippen LogP contribution in [0, 0.1) is 5.92 Å². The van der Waals surface area contributed by atoms with Crippen molar-refractivity contribution in [1.82, 2.24) is 4.57 Å². The van der Waals surface area contributed by atoms with Gasteiger partial charge in [0, 0.05) is 43.1 Å². The smallest absolute Gasteiger partial charge is 0.139 e. The molecule has 0 saturated carbocycles. The number of hydrogen-bond acceptors (Lipinski definition) is 2. The van der Waals surface area contributed by atoms with E-state index in [2.05, 4.69) is 22.9 Å². The summed E-state index contributed by atoms with van der Waals surface area (Å²) in [6.07, 6.45) is 2.60. The van der Waals surface area contributed by atoms with Gasteiger partial charge in [-0.1, -0.05) is 32.0 Å². The van der Waals surface area contributed by atoms with Crippen molar-refractivity contribution in [3.05, 3.63) is 36.0 Å². The van der Waals surface area contributed by atoms with E-state index < -0.39 is 0 Å². The number of aromatic nitrogens is 1. The molecule has 19 heavy (non-hydrogen) atoms. The Bertz CT molecular complexity index is 569. The van der Waals surface area contributed by atoms with Crippen LogP contribution in [0.25, 0.3) is 10.9 Å². The molecule has 0 spiro atoms. The molecule has 2 rings (SSSR count). The number of carbonyl (C=O) groups is 1. The van der Waals surface area contributed by atoms with E-state index in [1.54, 1.807) is 7.11 Å². The maximum Gasteiger partial charge on any atom is 0.139 e. The lowest BCUT2D eigenvalue weighted by molar-refractivity contribution is -0.121. The Morgan fingerprint density at radius 3 is 2.74 bits per heavy atom. The Hall–Kier alpha value is -1.61. The van der Waals surface area contributed by atoms with Crippen LogP contribution in [-0.4, -0.2) is 24.1 Å². The van der Waals surface area contributed by atoms with Crippen molar-refractivity contribution in [2.24, 2.45) is 5.92 Å². The number of ketones is 1. The third-order valence-electron chi connectivity index (χ3n) is 3.42. The van der Waals surface area contributed by atoms with Gasteiger partial charge in [0.25, 0.3) is 0 Å². The number of methoxy groups -OCH3 is 1. The van der Waals surface area contributed by atoms with E-state index in [0.29, 0.717) is 13.0 Å². The van der Waals surface area contributed by atoms with Gasteiger partial charge in [-0.25, -0.2) is 0 Å². The minimum absolute atomic E-state index is 0.0843. The molecule has 0 fully saturated rings. The molecule has 0 unspecified atom stereocenters. The third-order valence-corrected chi connectivity index (χ3v) is 3.42. The van der Waals surface area contributed by atoms with Crippen molar-refractivity contribution in [2.45, 2.75) is 26.8 Å². The minimum Gasteiger partial charge on any atom is -0.383 e. The number of rotatable bonds is 6. The summed E-state index contributed by atoms with van der Waals surface area (Å²) in [6, 6.07) is 8.22.